The quantitative estimate of drug-likeness (QED) is 0.850. The lowest BCUT2D eigenvalue weighted by Crippen LogP contribution is -2.33. The molecule has 1 aliphatic carbocycles. The van der Waals surface area contributed by atoms with Gasteiger partial charge < -0.3 is 16.0 Å². The highest BCUT2D eigenvalue weighted by atomic mass is 32.1. The summed E-state index contributed by atoms with van der Waals surface area (Å²) in [7, 11) is 0. The molecular formula is C21H25N3O2S. The molecule has 4 rings (SSSR count). The van der Waals surface area contributed by atoms with Crippen molar-refractivity contribution in [3.63, 3.8) is 0 Å². The van der Waals surface area contributed by atoms with E-state index in [1.165, 1.54) is 16.9 Å². The Bertz CT molecular complexity index is 845. The fraction of sp³-hybridized carbons (Fsp3) is 0.429. The molecule has 142 valence electrons. The summed E-state index contributed by atoms with van der Waals surface area (Å²) in [4.78, 5) is 27.5. The van der Waals surface area contributed by atoms with Crippen LogP contribution in [0.15, 0.2) is 35.7 Å². The third kappa shape index (κ3) is 3.51. The number of benzene rings is 1. The van der Waals surface area contributed by atoms with E-state index in [9.17, 15) is 9.59 Å². The number of amides is 2. The molecule has 27 heavy (non-hydrogen) atoms. The number of hydrogen-bond donors (Lipinski definition) is 2. The van der Waals surface area contributed by atoms with E-state index in [0.717, 1.165) is 32.4 Å². The van der Waals surface area contributed by atoms with Crippen molar-refractivity contribution in [3.8, 4) is 0 Å². The van der Waals surface area contributed by atoms with Crippen molar-refractivity contribution in [2.75, 3.05) is 18.4 Å². The molecule has 3 unspecified atom stereocenters. The van der Waals surface area contributed by atoms with Crippen LogP contribution in [0.3, 0.4) is 0 Å². The van der Waals surface area contributed by atoms with Gasteiger partial charge in [0.1, 0.15) is 5.00 Å². The number of anilines is 1. The summed E-state index contributed by atoms with van der Waals surface area (Å²) in [5.74, 6) is 0.754. The maximum atomic E-state index is 13.0. The molecule has 1 aromatic carbocycles. The SMILES string of the molecule is CCc1ccc(C(=O)Nc2sccc2C(=O)N2CC3CCC(N)C3C2)cc1. The zero-order valence-electron chi connectivity index (χ0n) is 15.5. The van der Waals surface area contributed by atoms with Crippen molar-refractivity contribution >= 4 is 28.2 Å². The highest BCUT2D eigenvalue weighted by Crippen LogP contribution is 2.38. The average molecular weight is 384 g/mol. The van der Waals surface area contributed by atoms with Gasteiger partial charge in [0.05, 0.1) is 5.56 Å². The van der Waals surface area contributed by atoms with Crippen LogP contribution in [-0.4, -0.2) is 35.8 Å². The lowest BCUT2D eigenvalue weighted by Gasteiger charge is -2.19. The number of hydrogen-bond acceptors (Lipinski definition) is 4. The molecule has 1 saturated carbocycles. The van der Waals surface area contributed by atoms with Gasteiger partial charge in [0.2, 0.25) is 0 Å². The number of likely N-dealkylation sites (tertiary alicyclic amines) is 1. The fourth-order valence-electron chi connectivity index (χ4n) is 4.29. The van der Waals surface area contributed by atoms with E-state index in [1.807, 2.05) is 34.5 Å². The number of carbonyl (C=O) groups excluding carboxylic acids is 2. The van der Waals surface area contributed by atoms with Crippen LogP contribution in [0, 0.1) is 11.8 Å². The maximum Gasteiger partial charge on any atom is 0.256 e. The van der Waals surface area contributed by atoms with Gasteiger partial charge in [-0.2, -0.15) is 0 Å². The number of fused-ring (bicyclic) bond motifs is 1. The minimum Gasteiger partial charge on any atom is -0.338 e. The molecule has 0 bridgehead atoms. The molecule has 2 heterocycles. The zero-order chi connectivity index (χ0) is 19.0. The lowest BCUT2D eigenvalue weighted by molar-refractivity contribution is 0.0781. The number of rotatable bonds is 4. The summed E-state index contributed by atoms with van der Waals surface area (Å²) >= 11 is 1.39. The first-order chi connectivity index (χ1) is 13.1. The van der Waals surface area contributed by atoms with Gasteiger partial charge in [-0.25, -0.2) is 0 Å². The number of nitrogens with two attached hydrogens (primary N) is 1. The highest BCUT2D eigenvalue weighted by molar-refractivity contribution is 7.14. The van der Waals surface area contributed by atoms with Crippen LogP contribution in [0.5, 0.6) is 0 Å². The Kier molecular flexibility index (Phi) is 5.02. The minimum absolute atomic E-state index is 0.00511. The first-order valence-corrected chi connectivity index (χ1v) is 10.5. The average Bonchev–Trinajstić information content (AvgIpc) is 3.39. The summed E-state index contributed by atoms with van der Waals surface area (Å²) in [5.41, 5.74) is 8.55. The van der Waals surface area contributed by atoms with Crippen molar-refractivity contribution in [2.24, 2.45) is 17.6 Å². The molecule has 2 amide bonds. The first kappa shape index (κ1) is 18.2. The lowest BCUT2D eigenvalue weighted by atomic mass is 9.98. The normalized spacial score (nSPS) is 24.1. The number of nitrogens with zero attached hydrogens (tertiary/aromatic N) is 1. The smallest absolute Gasteiger partial charge is 0.256 e. The second kappa shape index (κ2) is 7.44. The van der Waals surface area contributed by atoms with E-state index < -0.39 is 0 Å². The topological polar surface area (TPSA) is 75.4 Å². The van der Waals surface area contributed by atoms with Crippen LogP contribution in [0.1, 0.15) is 46.0 Å². The molecule has 1 aromatic heterocycles. The minimum atomic E-state index is -0.186. The Labute approximate surface area is 163 Å². The fourth-order valence-corrected chi connectivity index (χ4v) is 5.06. The predicted molar refractivity (Wildman–Crippen MR) is 108 cm³/mol. The largest absolute Gasteiger partial charge is 0.338 e. The molecule has 5 nitrogen and oxygen atoms in total. The van der Waals surface area contributed by atoms with Gasteiger partial charge in [0, 0.05) is 24.7 Å². The van der Waals surface area contributed by atoms with E-state index in [-0.39, 0.29) is 17.9 Å². The van der Waals surface area contributed by atoms with Crippen LogP contribution < -0.4 is 11.1 Å². The number of aryl methyl sites for hydroxylation is 1. The molecule has 1 saturated heterocycles. The molecule has 2 fully saturated rings. The molecule has 6 heteroatoms. The molecule has 2 aliphatic rings. The van der Waals surface area contributed by atoms with Crippen molar-refractivity contribution in [3.05, 3.63) is 52.4 Å². The van der Waals surface area contributed by atoms with Crippen LogP contribution in [-0.2, 0) is 6.42 Å². The van der Waals surface area contributed by atoms with Gasteiger partial charge in [-0.05, 0) is 60.2 Å². The molecule has 1 aliphatic heterocycles. The van der Waals surface area contributed by atoms with Crippen LogP contribution >= 0.6 is 11.3 Å². The Balaban J connectivity index is 1.46. The van der Waals surface area contributed by atoms with Crippen molar-refractivity contribution in [1.29, 1.82) is 0 Å². The molecular weight excluding hydrogens is 358 g/mol. The summed E-state index contributed by atoms with van der Waals surface area (Å²) in [6.07, 6.45) is 3.11. The number of nitrogens with one attached hydrogen (secondary N) is 1. The third-order valence-corrected chi connectivity index (χ3v) is 6.78. The van der Waals surface area contributed by atoms with E-state index in [0.29, 0.717) is 28.0 Å². The van der Waals surface area contributed by atoms with E-state index in [1.54, 1.807) is 6.07 Å². The van der Waals surface area contributed by atoms with Gasteiger partial charge in [-0.3, -0.25) is 9.59 Å². The van der Waals surface area contributed by atoms with Crippen LogP contribution in [0.25, 0.3) is 0 Å². The molecule has 2 aromatic rings. The van der Waals surface area contributed by atoms with Gasteiger partial charge in [0.15, 0.2) is 0 Å². The first-order valence-electron chi connectivity index (χ1n) is 9.59. The van der Waals surface area contributed by atoms with E-state index in [4.69, 9.17) is 5.73 Å². The van der Waals surface area contributed by atoms with E-state index >= 15 is 0 Å². The Morgan fingerprint density at radius 1 is 1.19 bits per heavy atom. The molecule has 0 radical (unpaired) electrons. The molecule has 3 atom stereocenters. The Morgan fingerprint density at radius 3 is 2.67 bits per heavy atom. The van der Waals surface area contributed by atoms with Crippen LogP contribution in [0.2, 0.25) is 0 Å². The van der Waals surface area contributed by atoms with Gasteiger partial charge in [0.25, 0.3) is 11.8 Å². The predicted octanol–water partition coefficient (Wildman–Crippen LogP) is 3.37. The number of thiophene rings is 1. The molecule has 0 spiro atoms. The molecule has 3 N–H and O–H groups in total. The van der Waals surface area contributed by atoms with Gasteiger partial charge in [-0.15, -0.1) is 11.3 Å². The summed E-state index contributed by atoms with van der Waals surface area (Å²) in [5, 5.41) is 5.38. The van der Waals surface area contributed by atoms with Crippen molar-refractivity contribution < 1.29 is 9.59 Å². The third-order valence-electron chi connectivity index (χ3n) is 5.95. The Hall–Kier alpha value is -2.18. The summed E-state index contributed by atoms with van der Waals surface area (Å²) < 4.78 is 0. The summed E-state index contributed by atoms with van der Waals surface area (Å²) in [6.45, 7) is 3.59. The zero-order valence-corrected chi connectivity index (χ0v) is 16.3. The van der Waals surface area contributed by atoms with Crippen LogP contribution in [0.4, 0.5) is 5.00 Å². The maximum absolute atomic E-state index is 13.0. The second-order valence-electron chi connectivity index (χ2n) is 7.54. The second-order valence-corrected chi connectivity index (χ2v) is 8.46. The monoisotopic (exact) mass is 383 g/mol. The van der Waals surface area contributed by atoms with Gasteiger partial charge >= 0.3 is 0 Å². The van der Waals surface area contributed by atoms with E-state index in [2.05, 4.69) is 12.2 Å². The van der Waals surface area contributed by atoms with Crippen molar-refractivity contribution in [2.45, 2.75) is 32.2 Å². The van der Waals surface area contributed by atoms with Gasteiger partial charge in [-0.1, -0.05) is 19.1 Å². The standard InChI is InChI=1S/C21H25N3O2S/c1-2-13-3-5-14(6-4-13)19(25)23-20-16(9-10-27-20)21(26)24-11-15-7-8-18(22)17(15)12-24/h3-6,9-10,15,17-18H,2,7-8,11-12,22H2,1H3,(H,23,25). The number of carbonyl (C=O) groups is 2. The Morgan fingerprint density at radius 2 is 1.96 bits per heavy atom. The van der Waals surface area contributed by atoms with Crippen molar-refractivity contribution in [1.82, 2.24) is 4.90 Å². The highest BCUT2D eigenvalue weighted by Gasteiger charge is 2.43. The summed E-state index contributed by atoms with van der Waals surface area (Å²) in [6, 6.07) is 9.58.